The van der Waals surface area contributed by atoms with Crippen LogP contribution < -0.4 is 10.7 Å². The second-order valence-electron chi connectivity index (χ2n) is 8.45. The van der Waals surface area contributed by atoms with Crippen molar-refractivity contribution in [1.29, 1.82) is 0 Å². The van der Waals surface area contributed by atoms with E-state index in [-0.39, 0.29) is 24.2 Å². The molecule has 1 aliphatic rings. The number of thiophene rings is 1. The molecule has 0 unspecified atom stereocenters. The Morgan fingerprint density at radius 1 is 1.11 bits per heavy atom. The Hall–Kier alpha value is -3.01. The van der Waals surface area contributed by atoms with Crippen LogP contribution in [-0.2, 0) is 18.6 Å². The maximum Gasteiger partial charge on any atom is 0.274 e. The molecule has 0 aliphatic heterocycles. The monoisotopic (exact) mass is 525 g/mol. The number of aryl methyl sites for hydroxylation is 1. The minimum atomic E-state index is -0.378. The summed E-state index contributed by atoms with van der Waals surface area (Å²) in [5.41, 5.74) is 6.23. The Morgan fingerprint density at radius 3 is 2.72 bits per heavy atom. The first-order chi connectivity index (χ1) is 17.5. The van der Waals surface area contributed by atoms with Crippen molar-refractivity contribution >= 4 is 46.1 Å². The highest BCUT2D eigenvalue weighted by Gasteiger charge is 2.26. The molecule has 3 N–H and O–H groups in total. The molecular weight excluding hydrogens is 497 g/mol. The highest BCUT2D eigenvalue weighted by atomic mass is 32.2. The van der Waals surface area contributed by atoms with Gasteiger partial charge in [-0.25, -0.2) is 9.82 Å². The fourth-order valence-corrected chi connectivity index (χ4v) is 6.17. The standard InChI is InChI=1S/C27H28FN3O3S2/c28-21-11-9-18(10-12-21)16-29-31-26(34)24-22-7-1-2-8-23(22)36-27(24)30-25(33)20-6-3-5-19(15-20)17-35-14-4-13-32/h3,5-6,9-12,15-16,32H,1-2,4,7-8,13-14,17H2,(H,30,33)(H,31,34)/b29-16+. The van der Waals surface area contributed by atoms with Crippen LogP contribution in [0.25, 0.3) is 0 Å². The zero-order valence-electron chi connectivity index (χ0n) is 19.8. The van der Waals surface area contributed by atoms with Crippen molar-refractivity contribution in [1.82, 2.24) is 5.43 Å². The van der Waals surface area contributed by atoms with Crippen molar-refractivity contribution in [3.8, 4) is 0 Å². The third-order valence-electron chi connectivity index (χ3n) is 5.78. The van der Waals surface area contributed by atoms with Gasteiger partial charge in [-0.2, -0.15) is 16.9 Å². The lowest BCUT2D eigenvalue weighted by atomic mass is 9.95. The number of nitrogens with one attached hydrogen (secondary N) is 2. The molecule has 2 aromatic carbocycles. The van der Waals surface area contributed by atoms with Gasteiger partial charge in [-0.3, -0.25) is 9.59 Å². The number of anilines is 1. The number of amides is 2. The Balaban J connectivity index is 1.49. The van der Waals surface area contributed by atoms with Crippen LogP contribution in [0.2, 0.25) is 0 Å². The number of aliphatic hydroxyl groups excluding tert-OH is 1. The summed E-state index contributed by atoms with van der Waals surface area (Å²) in [6, 6.07) is 13.3. The first kappa shape index (κ1) is 26.1. The molecule has 1 heterocycles. The van der Waals surface area contributed by atoms with Crippen LogP contribution in [0.5, 0.6) is 0 Å². The minimum Gasteiger partial charge on any atom is -0.396 e. The molecule has 0 bridgehead atoms. The molecule has 0 fully saturated rings. The zero-order chi connectivity index (χ0) is 25.3. The number of hydrazone groups is 1. The summed E-state index contributed by atoms with van der Waals surface area (Å²) in [5, 5.41) is 16.5. The van der Waals surface area contributed by atoms with Crippen LogP contribution in [0.4, 0.5) is 9.39 Å². The average molecular weight is 526 g/mol. The molecule has 188 valence electrons. The normalized spacial score (nSPS) is 12.9. The number of benzene rings is 2. The Labute approximate surface area is 218 Å². The van der Waals surface area contributed by atoms with Crippen LogP contribution in [0, 0.1) is 5.82 Å². The second-order valence-corrected chi connectivity index (χ2v) is 10.7. The fraction of sp³-hybridized carbons (Fsp3) is 0.296. The molecule has 2 amide bonds. The largest absolute Gasteiger partial charge is 0.396 e. The van der Waals surface area contributed by atoms with Crippen molar-refractivity contribution in [2.45, 2.75) is 37.9 Å². The smallest absolute Gasteiger partial charge is 0.274 e. The van der Waals surface area contributed by atoms with Gasteiger partial charge in [0.25, 0.3) is 11.8 Å². The summed E-state index contributed by atoms with van der Waals surface area (Å²) in [4.78, 5) is 27.4. The third-order valence-corrected chi connectivity index (χ3v) is 8.10. The first-order valence-electron chi connectivity index (χ1n) is 11.9. The molecule has 0 atom stereocenters. The Morgan fingerprint density at radius 2 is 1.92 bits per heavy atom. The number of aliphatic hydroxyl groups is 1. The van der Waals surface area contributed by atoms with Crippen LogP contribution in [0.3, 0.4) is 0 Å². The van der Waals surface area contributed by atoms with E-state index in [2.05, 4.69) is 15.8 Å². The van der Waals surface area contributed by atoms with Crippen LogP contribution in [0.1, 0.15) is 61.5 Å². The highest BCUT2D eigenvalue weighted by molar-refractivity contribution is 7.98. The summed E-state index contributed by atoms with van der Waals surface area (Å²) in [7, 11) is 0. The van der Waals surface area contributed by atoms with Crippen molar-refractivity contribution in [2.75, 3.05) is 17.7 Å². The van der Waals surface area contributed by atoms with Gasteiger partial charge >= 0.3 is 0 Å². The molecule has 3 aromatic rings. The lowest BCUT2D eigenvalue weighted by Crippen LogP contribution is -2.22. The lowest BCUT2D eigenvalue weighted by Gasteiger charge is -2.12. The van der Waals surface area contributed by atoms with Gasteiger partial charge in [0.2, 0.25) is 0 Å². The van der Waals surface area contributed by atoms with Crippen molar-refractivity contribution in [2.24, 2.45) is 5.10 Å². The number of carbonyl (C=O) groups excluding carboxylic acids is 2. The van der Waals surface area contributed by atoms with Crippen molar-refractivity contribution < 1.29 is 19.1 Å². The SMILES string of the molecule is O=C(Nc1sc2c(c1C(=O)N/N=C/c1ccc(F)cc1)CCCC2)c1cccc(CSCCCO)c1. The molecule has 9 heteroatoms. The van der Waals surface area contributed by atoms with E-state index >= 15 is 0 Å². The molecule has 0 saturated carbocycles. The molecule has 1 aliphatic carbocycles. The number of thioether (sulfide) groups is 1. The number of halogens is 1. The van der Waals surface area contributed by atoms with Gasteiger partial charge in [-0.05, 0) is 78.8 Å². The van der Waals surface area contributed by atoms with Crippen molar-refractivity contribution in [3.05, 3.63) is 87.0 Å². The molecule has 0 radical (unpaired) electrons. The molecule has 4 rings (SSSR count). The fourth-order valence-electron chi connectivity index (χ4n) is 4.00. The summed E-state index contributed by atoms with van der Waals surface area (Å²) < 4.78 is 13.1. The molecule has 6 nitrogen and oxygen atoms in total. The van der Waals surface area contributed by atoms with E-state index in [0.29, 0.717) is 21.7 Å². The minimum absolute atomic E-state index is 0.174. The van der Waals surface area contributed by atoms with E-state index in [4.69, 9.17) is 5.11 Å². The zero-order valence-corrected chi connectivity index (χ0v) is 21.4. The predicted octanol–water partition coefficient (Wildman–Crippen LogP) is 5.40. The summed E-state index contributed by atoms with van der Waals surface area (Å²) >= 11 is 3.17. The average Bonchev–Trinajstić information content (AvgIpc) is 3.26. The van der Waals surface area contributed by atoms with Crippen LogP contribution in [-0.4, -0.2) is 35.5 Å². The lowest BCUT2D eigenvalue weighted by molar-refractivity contribution is 0.0955. The maximum atomic E-state index is 13.1. The highest BCUT2D eigenvalue weighted by Crippen LogP contribution is 2.38. The number of hydrogen-bond donors (Lipinski definition) is 3. The number of carbonyl (C=O) groups is 2. The number of hydrogen-bond acceptors (Lipinski definition) is 6. The molecule has 0 spiro atoms. The summed E-state index contributed by atoms with van der Waals surface area (Å²) in [6.45, 7) is 0.174. The van der Waals surface area contributed by atoms with Gasteiger partial charge in [0.05, 0.1) is 11.8 Å². The van der Waals surface area contributed by atoms with Gasteiger partial charge in [0.15, 0.2) is 0 Å². The van der Waals surface area contributed by atoms with Crippen LogP contribution >= 0.6 is 23.1 Å². The van der Waals surface area contributed by atoms with Gasteiger partial charge < -0.3 is 10.4 Å². The summed E-state index contributed by atoms with van der Waals surface area (Å²) in [6.07, 6.45) is 5.92. The number of fused-ring (bicyclic) bond motifs is 1. The second kappa shape index (κ2) is 12.8. The Bertz CT molecular complexity index is 1240. The van der Waals surface area contributed by atoms with E-state index in [1.807, 2.05) is 18.2 Å². The first-order valence-corrected chi connectivity index (χ1v) is 13.8. The van der Waals surface area contributed by atoms with E-state index < -0.39 is 0 Å². The predicted molar refractivity (Wildman–Crippen MR) is 145 cm³/mol. The van der Waals surface area contributed by atoms with Gasteiger partial charge in [0, 0.05) is 22.8 Å². The van der Waals surface area contributed by atoms with E-state index in [1.54, 1.807) is 30.0 Å². The van der Waals surface area contributed by atoms with Gasteiger partial charge in [0.1, 0.15) is 10.8 Å². The van der Waals surface area contributed by atoms with Crippen LogP contribution in [0.15, 0.2) is 53.6 Å². The molecule has 36 heavy (non-hydrogen) atoms. The van der Waals surface area contributed by atoms with Gasteiger partial charge in [-0.15, -0.1) is 11.3 Å². The molecule has 1 aromatic heterocycles. The third kappa shape index (κ3) is 6.81. The van der Waals surface area contributed by atoms with E-state index in [1.165, 1.54) is 29.7 Å². The maximum absolute atomic E-state index is 13.1. The number of rotatable bonds is 10. The molecule has 0 saturated heterocycles. The van der Waals surface area contributed by atoms with E-state index in [9.17, 15) is 14.0 Å². The quantitative estimate of drug-likeness (QED) is 0.188. The van der Waals surface area contributed by atoms with E-state index in [0.717, 1.165) is 59.6 Å². The summed E-state index contributed by atoms with van der Waals surface area (Å²) in [5.74, 6) is 0.633. The van der Waals surface area contributed by atoms with Gasteiger partial charge in [-0.1, -0.05) is 24.3 Å². The number of nitrogens with zero attached hydrogens (tertiary/aromatic N) is 1. The molecular formula is C27H28FN3O3S2. The topological polar surface area (TPSA) is 90.8 Å². The van der Waals surface area contributed by atoms with Crippen molar-refractivity contribution in [3.63, 3.8) is 0 Å². The Kier molecular flexibility index (Phi) is 9.27.